The first kappa shape index (κ1) is 21.9. The predicted molar refractivity (Wildman–Crippen MR) is 104 cm³/mol. The molecule has 1 saturated heterocycles. The van der Waals surface area contributed by atoms with Crippen molar-refractivity contribution in [3.05, 3.63) is 28.8 Å². The quantitative estimate of drug-likeness (QED) is 0.777. The van der Waals surface area contributed by atoms with Gasteiger partial charge >= 0.3 is 6.18 Å². The molecule has 29 heavy (non-hydrogen) atoms. The van der Waals surface area contributed by atoms with Crippen molar-refractivity contribution >= 4 is 11.6 Å². The van der Waals surface area contributed by atoms with Crippen molar-refractivity contribution in [2.45, 2.75) is 64.5 Å². The molecule has 1 aromatic rings. The number of rotatable bonds is 5. The van der Waals surface area contributed by atoms with Crippen LogP contribution in [0.4, 0.5) is 18.9 Å². The number of piperidine rings is 1. The number of carbonyl (C=O) groups is 1. The van der Waals surface area contributed by atoms with Crippen LogP contribution < -0.4 is 4.90 Å². The first-order valence-corrected chi connectivity index (χ1v) is 10.0. The number of nitrogens with zero attached hydrogens (tertiary/aromatic N) is 2. The van der Waals surface area contributed by atoms with Crippen LogP contribution in [0.15, 0.2) is 12.1 Å². The van der Waals surface area contributed by atoms with E-state index in [4.69, 9.17) is 0 Å². The van der Waals surface area contributed by atoms with E-state index in [1.807, 2.05) is 24.0 Å². The molecule has 1 amide bonds. The zero-order chi connectivity index (χ0) is 21.6. The Morgan fingerprint density at radius 3 is 2.38 bits per heavy atom. The topological polar surface area (TPSA) is 64.0 Å². The van der Waals surface area contributed by atoms with Gasteiger partial charge in [-0.05, 0) is 63.1 Å². The molecule has 0 radical (unpaired) electrons. The van der Waals surface area contributed by atoms with Gasteiger partial charge in [-0.1, -0.05) is 6.07 Å². The Balaban J connectivity index is 1.70. The molecule has 1 atom stereocenters. The molecule has 0 spiro atoms. The summed E-state index contributed by atoms with van der Waals surface area (Å²) in [6.07, 6.45) is -5.88. The summed E-state index contributed by atoms with van der Waals surface area (Å²) >= 11 is 0. The molecule has 3 rings (SSSR count). The zero-order valence-corrected chi connectivity index (χ0v) is 17.1. The standard InChI is InChI=1S/C21H29F3N2O3/c1-13-10-15-12-26(9-6-20(2,3)29)19(28)16(15)11-17(13)25-7-4-14(5-8-25)18(27)21(22,23)24/h10-11,14,18,27,29H,4-9,12H2,1-3H3. The van der Waals surface area contributed by atoms with Gasteiger partial charge in [0.05, 0.1) is 5.60 Å². The Morgan fingerprint density at radius 1 is 1.21 bits per heavy atom. The van der Waals surface area contributed by atoms with E-state index in [1.54, 1.807) is 18.7 Å². The summed E-state index contributed by atoms with van der Waals surface area (Å²) in [5.74, 6) is -0.868. The fourth-order valence-corrected chi connectivity index (χ4v) is 4.19. The number of benzene rings is 1. The summed E-state index contributed by atoms with van der Waals surface area (Å²) in [5, 5.41) is 19.4. The van der Waals surface area contributed by atoms with Crippen LogP contribution in [0.5, 0.6) is 0 Å². The normalized spacial score (nSPS) is 19.7. The van der Waals surface area contributed by atoms with Crippen LogP contribution in [0.2, 0.25) is 0 Å². The molecule has 2 N–H and O–H groups in total. The summed E-state index contributed by atoms with van der Waals surface area (Å²) < 4.78 is 38.3. The maximum absolute atomic E-state index is 12.8. The van der Waals surface area contributed by atoms with Crippen molar-refractivity contribution in [3.63, 3.8) is 0 Å². The molecule has 1 unspecified atom stereocenters. The smallest absolute Gasteiger partial charge is 0.390 e. The van der Waals surface area contributed by atoms with Crippen molar-refractivity contribution in [2.75, 3.05) is 24.5 Å². The number of anilines is 1. The van der Waals surface area contributed by atoms with Gasteiger partial charge in [0.15, 0.2) is 6.10 Å². The molecular formula is C21H29F3N2O3. The van der Waals surface area contributed by atoms with Gasteiger partial charge in [0.1, 0.15) is 0 Å². The van der Waals surface area contributed by atoms with Crippen LogP contribution in [-0.2, 0) is 6.54 Å². The molecule has 0 saturated carbocycles. The first-order chi connectivity index (χ1) is 13.4. The van der Waals surface area contributed by atoms with E-state index in [9.17, 15) is 28.2 Å². The maximum Gasteiger partial charge on any atom is 0.414 e. The second-order valence-corrected chi connectivity index (χ2v) is 8.90. The number of halogens is 3. The second kappa shape index (κ2) is 7.80. The fourth-order valence-electron chi connectivity index (χ4n) is 4.19. The Kier molecular flexibility index (Phi) is 5.89. The molecule has 1 fully saturated rings. The van der Waals surface area contributed by atoms with Crippen molar-refractivity contribution in [1.82, 2.24) is 4.90 Å². The second-order valence-electron chi connectivity index (χ2n) is 8.90. The van der Waals surface area contributed by atoms with Gasteiger partial charge < -0.3 is 20.0 Å². The predicted octanol–water partition coefficient (Wildman–Crippen LogP) is 3.25. The Morgan fingerprint density at radius 2 is 1.83 bits per heavy atom. The third-order valence-electron chi connectivity index (χ3n) is 5.96. The lowest BCUT2D eigenvalue weighted by Gasteiger charge is -2.36. The van der Waals surface area contributed by atoms with Crippen molar-refractivity contribution in [2.24, 2.45) is 5.92 Å². The van der Waals surface area contributed by atoms with Crippen LogP contribution in [0.3, 0.4) is 0 Å². The van der Waals surface area contributed by atoms with Crippen LogP contribution in [0.25, 0.3) is 0 Å². The number of alkyl halides is 3. The van der Waals surface area contributed by atoms with Gasteiger partial charge in [-0.25, -0.2) is 0 Å². The molecule has 2 aliphatic rings. The van der Waals surface area contributed by atoms with E-state index >= 15 is 0 Å². The maximum atomic E-state index is 12.8. The molecular weight excluding hydrogens is 385 g/mol. The molecule has 0 aliphatic carbocycles. The number of amides is 1. The minimum atomic E-state index is -4.59. The van der Waals surface area contributed by atoms with Gasteiger partial charge in [-0.3, -0.25) is 4.79 Å². The van der Waals surface area contributed by atoms with Gasteiger partial charge in [-0.15, -0.1) is 0 Å². The number of fused-ring (bicyclic) bond motifs is 1. The number of aryl methyl sites for hydroxylation is 1. The van der Waals surface area contributed by atoms with E-state index in [-0.39, 0.29) is 18.7 Å². The highest BCUT2D eigenvalue weighted by Crippen LogP contribution is 2.36. The fraction of sp³-hybridized carbons (Fsp3) is 0.667. The lowest BCUT2D eigenvalue weighted by atomic mass is 9.90. The molecule has 8 heteroatoms. The molecule has 2 heterocycles. The lowest BCUT2D eigenvalue weighted by Crippen LogP contribution is -2.43. The average molecular weight is 414 g/mol. The number of hydrogen-bond donors (Lipinski definition) is 2. The largest absolute Gasteiger partial charge is 0.414 e. The first-order valence-electron chi connectivity index (χ1n) is 10.0. The summed E-state index contributed by atoms with van der Waals surface area (Å²) in [5.41, 5.74) is 2.56. The van der Waals surface area contributed by atoms with E-state index < -0.39 is 23.8 Å². The summed E-state index contributed by atoms with van der Waals surface area (Å²) in [6, 6.07) is 3.82. The molecule has 5 nitrogen and oxygen atoms in total. The van der Waals surface area contributed by atoms with Crippen molar-refractivity contribution in [1.29, 1.82) is 0 Å². The SMILES string of the molecule is Cc1cc2c(cc1N1CCC(C(O)C(F)(F)F)CC1)C(=O)N(CCC(C)(C)O)C2. The third kappa shape index (κ3) is 4.86. The highest BCUT2D eigenvalue weighted by atomic mass is 19.4. The summed E-state index contributed by atoms with van der Waals surface area (Å²) in [6.45, 7) is 7.15. The Hall–Kier alpha value is -1.80. The van der Waals surface area contributed by atoms with E-state index in [1.165, 1.54) is 0 Å². The lowest BCUT2D eigenvalue weighted by molar-refractivity contribution is -0.221. The minimum Gasteiger partial charge on any atom is -0.390 e. The highest BCUT2D eigenvalue weighted by Gasteiger charge is 2.44. The summed E-state index contributed by atoms with van der Waals surface area (Å²) in [4.78, 5) is 16.5. The van der Waals surface area contributed by atoms with Crippen molar-refractivity contribution < 1.29 is 28.2 Å². The van der Waals surface area contributed by atoms with Gasteiger partial charge in [0.2, 0.25) is 0 Å². The van der Waals surface area contributed by atoms with Crippen molar-refractivity contribution in [3.8, 4) is 0 Å². The monoisotopic (exact) mass is 414 g/mol. The molecule has 1 aromatic carbocycles. The Bertz CT molecular complexity index is 766. The molecule has 2 aliphatic heterocycles. The average Bonchev–Trinajstić information content (AvgIpc) is 2.92. The van der Waals surface area contributed by atoms with Gasteiger partial charge in [0.25, 0.3) is 5.91 Å². The minimum absolute atomic E-state index is 0.0760. The molecule has 0 aromatic heterocycles. The third-order valence-corrected chi connectivity index (χ3v) is 5.96. The number of aliphatic hydroxyl groups excluding tert-OH is 1. The van der Waals surface area contributed by atoms with E-state index in [0.717, 1.165) is 16.8 Å². The van der Waals surface area contributed by atoms with Crippen LogP contribution in [-0.4, -0.2) is 58.5 Å². The molecule has 0 bridgehead atoms. The highest BCUT2D eigenvalue weighted by molar-refractivity contribution is 5.99. The number of hydrogen-bond acceptors (Lipinski definition) is 4. The van der Waals surface area contributed by atoms with Gasteiger partial charge in [0, 0.05) is 37.4 Å². The van der Waals surface area contributed by atoms with Crippen LogP contribution in [0, 0.1) is 12.8 Å². The zero-order valence-electron chi connectivity index (χ0n) is 17.1. The number of carbonyl (C=O) groups excluding carboxylic acids is 1. The molecule has 162 valence electrons. The van der Waals surface area contributed by atoms with Gasteiger partial charge in [-0.2, -0.15) is 13.2 Å². The summed E-state index contributed by atoms with van der Waals surface area (Å²) in [7, 11) is 0. The van der Waals surface area contributed by atoms with E-state index in [0.29, 0.717) is 38.2 Å². The van der Waals surface area contributed by atoms with E-state index in [2.05, 4.69) is 0 Å². The number of aliphatic hydroxyl groups is 2. The Labute approximate surface area is 169 Å². The van der Waals surface area contributed by atoms with Crippen LogP contribution in [0.1, 0.15) is 54.6 Å². The van der Waals surface area contributed by atoms with Crippen LogP contribution >= 0.6 is 0 Å².